The van der Waals surface area contributed by atoms with Gasteiger partial charge in [-0.25, -0.2) is 4.79 Å². The molecule has 2 rings (SSSR count). The van der Waals surface area contributed by atoms with E-state index in [0.717, 1.165) is 25.1 Å². The summed E-state index contributed by atoms with van der Waals surface area (Å²) < 4.78 is 10.8. The van der Waals surface area contributed by atoms with Gasteiger partial charge >= 0.3 is 6.09 Å². The van der Waals surface area contributed by atoms with Gasteiger partial charge in [0, 0.05) is 37.3 Å². The zero-order valence-corrected chi connectivity index (χ0v) is 14.2. The first-order valence-corrected chi connectivity index (χ1v) is 7.65. The number of amides is 1. The fraction of sp³-hybridized carbons (Fsp3) is 0.562. The lowest BCUT2D eigenvalue weighted by molar-refractivity contribution is -0.0502. The molecule has 1 fully saturated rings. The van der Waals surface area contributed by atoms with E-state index in [-0.39, 0.29) is 5.60 Å². The Bertz CT molecular complexity index is 545. The maximum absolute atomic E-state index is 11.8. The minimum absolute atomic E-state index is 0.177. The maximum atomic E-state index is 11.8. The predicted molar refractivity (Wildman–Crippen MR) is 87.6 cm³/mol. The summed E-state index contributed by atoms with van der Waals surface area (Å²) in [5.74, 6) is 0. The molecule has 1 aliphatic heterocycles. The second-order valence-corrected chi connectivity index (χ2v) is 7.01. The highest BCUT2D eigenvalue weighted by molar-refractivity contribution is 6.31. The molecule has 0 bridgehead atoms. The summed E-state index contributed by atoms with van der Waals surface area (Å²) in [6, 6.07) is 5.46. The van der Waals surface area contributed by atoms with Gasteiger partial charge < -0.3 is 14.8 Å². The summed E-state index contributed by atoms with van der Waals surface area (Å²) in [6.45, 7) is 7.09. The predicted octanol–water partition coefficient (Wildman–Crippen LogP) is 3.22. The first kappa shape index (κ1) is 17.1. The first-order valence-electron chi connectivity index (χ1n) is 7.27. The Morgan fingerprint density at radius 3 is 2.55 bits per heavy atom. The molecule has 1 saturated heterocycles. The zero-order chi connectivity index (χ0) is 16.4. The summed E-state index contributed by atoms with van der Waals surface area (Å²) >= 11 is 6.32. The van der Waals surface area contributed by atoms with Gasteiger partial charge in [-0.2, -0.15) is 0 Å². The number of halogens is 1. The number of methoxy groups -OCH3 is 1. The fourth-order valence-corrected chi connectivity index (χ4v) is 2.53. The van der Waals surface area contributed by atoms with Crippen LogP contribution in [-0.2, 0) is 15.9 Å². The summed E-state index contributed by atoms with van der Waals surface area (Å²) in [6.07, 6.45) is 0.245. The van der Waals surface area contributed by atoms with Crippen LogP contribution < -0.4 is 10.6 Å². The lowest BCUT2D eigenvalue weighted by atomic mass is 9.88. The second kappa shape index (κ2) is 6.44. The van der Waals surface area contributed by atoms with Gasteiger partial charge in [0.05, 0.1) is 5.60 Å². The molecule has 0 spiro atoms. The van der Waals surface area contributed by atoms with Gasteiger partial charge in [0.25, 0.3) is 0 Å². The van der Waals surface area contributed by atoms with Crippen LogP contribution in [0.3, 0.4) is 0 Å². The van der Waals surface area contributed by atoms with Gasteiger partial charge in [0.15, 0.2) is 0 Å². The number of benzene rings is 1. The van der Waals surface area contributed by atoms with Crippen LogP contribution in [0, 0.1) is 0 Å². The molecule has 6 heteroatoms. The average Bonchev–Trinajstić information content (AvgIpc) is 2.33. The second-order valence-electron chi connectivity index (χ2n) is 6.60. The normalized spacial score (nSPS) is 16.8. The van der Waals surface area contributed by atoms with Crippen LogP contribution >= 0.6 is 11.6 Å². The van der Waals surface area contributed by atoms with Crippen molar-refractivity contribution in [2.45, 2.75) is 38.4 Å². The van der Waals surface area contributed by atoms with Crippen molar-refractivity contribution in [3.63, 3.8) is 0 Å². The van der Waals surface area contributed by atoms with Crippen LogP contribution in [0.5, 0.6) is 0 Å². The zero-order valence-electron chi connectivity index (χ0n) is 13.5. The Morgan fingerprint density at radius 1 is 1.41 bits per heavy atom. The van der Waals surface area contributed by atoms with Gasteiger partial charge in [-0.3, -0.25) is 5.32 Å². The van der Waals surface area contributed by atoms with Gasteiger partial charge in [0.1, 0.15) is 5.60 Å². The van der Waals surface area contributed by atoms with Crippen molar-refractivity contribution in [1.29, 1.82) is 0 Å². The molecule has 5 nitrogen and oxygen atoms in total. The van der Waals surface area contributed by atoms with E-state index in [2.05, 4.69) is 10.6 Å². The van der Waals surface area contributed by atoms with Gasteiger partial charge in [-0.1, -0.05) is 17.7 Å². The summed E-state index contributed by atoms with van der Waals surface area (Å²) in [5.41, 5.74) is 0.903. The molecule has 1 heterocycles. The third kappa shape index (κ3) is 4.35. The van der Waals surface area contributed by atoms with Crippen LogP contribution in [0.25, 0.3) is 0 Å². The standard InChI is InChI=1S/C16H23ClN2O3/c1-15(2,3)22-14(20)19-12-6-5-11(13(17)7-12)8-16(21-4)9-18-10-16/h5-7,18H,8-10H2,1-4H3,(H,19,20). The number of rotatable bonds is 4. The molecule has 0 radical (unpaired) electrons. The Labute approximate surface area is 136 Å². The molecular formula is C16H23ClN2O3. The molecule has 1 aromatic rings. The number of hydrogen-bond donors (Lipinski definition) is 2. The third-order valence-corrected chi connectivity index (χ3v) is 3.89. The monoisotopic (exact) mass is 326 g/mol. The molecule has 1 aliphatic rings. The van der Waals surface area contributed by atoms with Gasteiger partial charge in [-0.15, -0.1) is 0 Å². The topological polar surface area (TPSA) is 59.6 Å². The SMILES string of the molecule is COC1(Cc2ccc(NC(=O)OC(C)(C)C)cc2Cl)CNC1. The van der Waals surface area contributed by atoms with E-state index >= 15 is 0 Å². The smallest absolute Gasteiger partial charge is 0.412 e. The molecule has 0 atom stereocenters. The van der Waals surface area contributed by atoms with E-state index in [9.17, 15) is 4.79 Å². The number of carbonyl (C=O) groups is 1. The Kier molecular flexibility index (Phi) is 5.00. The van der Waals surface area contributed by atoms with Crippen molar-refractivity contribution < 1.29 is 14.3 Å². The highest BCUT2D eigenvalue weighted by atomic mass is 35.5. The van der Waals surface area contributed by atoms with E-state index in [1.54, 1.807) is 13.2 Å². The van der Waals surface area contributed by atoms with Crippen molar-refractivity contribution in [2.24, 2.45) is 0 Å². The van der Waals surface area contributed by atoms with Crippen molar-refractivity contribution >= 4 is 23.4 Å². The Balaban J connectivity index is 2.02. The van der Waals surface area contributed by atoms with Gasteiger partial charge in [0.2, 0.25) is 0 Å². The molecule has 2 N–H and O–H groups in total. The molecular weight excluding hydrogens is 304 g/mol. The molecule has 22 heavy (non-hydrogen) atoms. The highest BCUT2D eigenvalue weighted by Crippen LogP contribution is 2.28. The lowest BCUT2D eigenvalue weighted by Crippen LogP contribution is -2.61. The molecule has 1 aromatic carbocycles. The summed E-state index contributed by atoms with van der Waals surface area (Å²) in [5, 5.41) is 6.50. The summed E-state index contributed by atoms with van der Waals surface area (Å²) in [7, 11) is 1.72. The van der Waals surface area contributed by atoms with Crippen LogP contribution in [0.1, 0.15) is 26.3 Å². The highest BCUT2D eigenvalue weighted by Gasteiger charge is 2.37. The van der Waals surface area contributed by atoms with Crippen LogP contribution in [0.2, 0.25) is 5.02 Å². The van der Waals surface area contributed by atoms with E-state index in [0.29, 0.717) is 10.7 Å². The summed E-state index contributed by atoms with van der Waals surface area (Å²) in [4.78, 5) is 11.8. The van der Waals surface area contributed by atoms with Crippen molar-refractivity contribution in [2.75, 3.05) is 25.5 Å². The van der Waals surface area contributed by atoms with E-state index < -0.39 is 11.7 Å². The lowest BCUT2D eigenvalue weighted by Gasteiger charge is -2.41. The molecule has 0 saturated carbocycles. The number of nitrogens with one attached hydrogen (secondary N) is 2. The van der Waals surface area contributed by atoms with Crippen molar-refractivity contribution in [3.8, 4) is 0 Å². The minimum atomic E-state index is -0.532. The molecule has 1 amide bonds. The quantitative estimate of drug-likeness (QED) is 0.892. The number of anilines is 1. The Morgan fingerprint density at radius 2 is 2.09 bits per heavy atom. The van der Waals surface area contributed by atoms with Crippen molar-refractivity contribution in [3.05, 3.63) is 28.8 Å². The van der Waals surface area contributed by atoms with Crippen LogP contribution in [0.4, 0.5) is 10.5 Å². The number of carbonyl (C=O) groups excluding carboxylic acids is 1. The number of hydrogen-bond acceptors (Lipinski definition) is 4. The average molecular weight is 327 g/mol. The van der Waals surface area contributed by atoms with Crippen LogP contribution in [0.15, 0.2) is 18.2 Å². The number of ether oxygens (including phenoxy) is 2. The molecule has 122 valence electrons. The van der Waals surface area contributed by atoms with E-state index in [1.165, 1.54) is 0 Å². The van der Waals surface area contributed by atoms with E-state index in [4.69, 9.17) is 21.1 Å². The minimum Gasteiger partial charge on any atom is -0.444 e. The fourth-order valence-electron chi connectivity index (χ4n) is 2.28. The van der Waals surface area contributed by atoms with Crippen LogP contribution in [-0.4, -0.2) is 37.5 Å². The van der Waals surface area contributed by atoms with E-state index in [1.807, 2.05) is 32.9 Å². The first-order chi connectivity index (χ1) is 10.2. The maximum Gasteiger partial charge on any atom is 0.412 e. The van der Waals surface area contributed by atoms with Crippen molar-refractivity contribution in [1.82, 2.24) is 5.32 Å². The molecule has 0 aliphatic carbocycles. The Hall–Kier alpha value is -1.30. The molecule has 0 unspecified atom stereocenters. The van der Waals surface area contributed by atoms with Gasteiger partial charge in [-0.05, 0) is 38.5 Å². The largest absolute Gasteiger partial charge is 0.444 e. The third-order valence-electron chi connectivity index (χ3n) is 3.54. The molecule has 0 aromatic heterocycles.